The highest BCUT2D eigenvalue weighted by molar-refractivity contribution is 7.22. The van der Waals surface area contributed by atoms with Gasteiger partial charge in [-0.25, -0.2) is 4.98 Å². The third-order valence-corrected chi connectivity index (χ3v) is 7.08. The predicted octanol–water partition coefficient (Wildman–Crippen LogP) is 7.60. The maximum absolute atomic E-state index is 13.4. The lowest BCUT2D eigenvalue weighted by Crippen LogP contribution is -2.30. The molecular weight excluding hydrogens is 452 g/mol. The normalized spacial score (nSPS) is 11.6. The number of nitrogens with zero attached hydrogens (tertiary/aromatic N) is 2. The van der Waals surface area contributed by atoms with Gasteiger partial charge >= 0.3 is 0 Å². The Morgan fingerprint density at radius 3 is 2.40 bits per heavy atom. The smallest absolute Gasteiger partial charge is 0.229 e. The number of hydrogen-bond acceptors (Lipinski definition) is 4. The van der Waals surface area contributed by atoms with Gasteiger partial charge in [0, 0.05) is 6.42 Å². The third kappa shape index (κ3) is 6.29. The average Bonchev–Trinajstić information content (AvgIpc) is 3.24. The van der Waals surface area contributed by atoms with Crippen molar-refractivity contribution >= 4 is 32.6 Å². The van der Waals surface area contributed by atoms with Crippen LogP contribution in [-0.4, -0.2) is 17.5 Å². The highest BCUT2D eigenvalue weighted by Gasteiger charge is 2.21. The van der Waals surface area contributed by atoms with Crippen LogP contribution in [0.5, 0.6) is 5.75 Å². The molecule has 0 aliphatic rings. The van der Waals surface area contributed by atoms with Gasteiger partial charge in [-0.15, -0.1) is 0 Å². The number of thiazole rings is 1. The molecule has 1 aromatic heterocycles. The first-order chi connectivity index (χ1) is 16.7. The van der Waals surface area contributed by atoms with Crippen LogP contribution in [0.3, 0.4) is 0 Å². The van der Waals surface area contributed by atoms with E-state index in [9.17, 15) is 4.79 Å². The Balaban J connectivity index is 1.44. The molecule has 35 heavy (non-hydrogen) atoms. The molecule has 1 heterocycles. The van der Waals surface area contributed by atoms with Gasteiger partial charge in [0.05, 0.1) is 23.4 Å². The van der Waals surface area contributed by atoms with Crippen molar-refractivity contribution in [1.29, 1.82) is 0 Å². The van der Waals surface area contributed by atoms with Crippen LogP contribution in [-0.2, 0) is 16.8 Å². The molecule has 0 fully saturated rings. The fourth-order valence-corrected chi connectivity index (χ4v) is 5.26. The van der Waals surface area contributed by atoms with E-state index in [1.54, 1.807) is 11.3 Å². The molecule has 4 rings (SSSR count). The molecule has 0 unspecified atom stereocenters. The summed E-state index contributed by atoms with van der Waals surface area (Å²) in [7, 11) is 0. The summed E-state index contributed by atoms with van der Waals surface area (Å²) in [5.41, 5.74) is 5.80. The molecule has 0 saturated carbocycles. The number of aryl methyl sites for hydroxylation is 2. The van der Waals surface area contributed by atoms with Gasteiger partial charge in [0.15, 0.2) is 5.13 Å². The number of hydrogen-bond donors (Lipinski definition) is 0. The number of ether oxygens (including phenoxy) is 1. The van der Waals surface area contributed by atoms with E-state index in [1.807, 2.05) is 47.4 Å². The zero-order valence-electron chi connectivity index (χ0n) is 21.3. The third-order valence-electron chi connectivity index (χ3n) is 6.06. The Bertz CT molecular complexity index is 1290. The highest BCUT2D eigenvalue weighted by atomic mass is 32.1. The lowest BCUT2D eigenvalue weighted by Gasteiger charge is -2.20. The topological polar surface area (TPSA) is 42.4 Å². The molecule has 0 aliphatic carbocycles. The van der Waals surface area contributed by atoms with Crippen molar-refractivity contribution in [2.75, 3.05) is 11.5 Å². The second-order valence-electron chi connectivity index (χ2n) is 10.1. The summed E-state index contributed by atoms with van der Waals surface area (Å²) in [6, 6.07) is 22.6. The van der Waals surface area contributed by atoms with E-state index in [0.29, 0.717) is 26.0 Å². The summed E-state index contributed by atoms with van der Waals surface area (Å²) in [4.78, 5) is 20.1. The van der Waals surface area contributed by atoms with Crippen molar-refractivity contribution in [3.63, 3.8) is 0 Å². The molecule has 5 heteroatoms. The van der Waals surface area contributed by atoms with E-state index in [4.69, 9.17) is 9.72 Å². The van der Waals surface area contributed by atoms with Crippen LogP contribution in [0.2, 0.25) is 0 Å². The zero-order valence-corrected chi connectivity index (χ0v) is 22.1. The maximum Gasteiger partial charge on any atom is 0.229 e. The predicted molar refractivity (Wildman–Crippen MR) is 147 cm³/mol. The van der Waals surface area contributed by atoms with Crippen LogP contribution < -0.4 is 9.64 Å². The second kappa shape index (κ2) is 10.6. The van der Waals surface area contributed by atoms with Gasteiger partial charge in [-0.05, 0) is 66.1 Å². The molecule has 4 aromatic rings. The number of anilines is 1. The standard InChI is InChI=1S/C30H34N2O2S/c1-21-18-22(2)28-26(19-21)35-29(31-28)32(20-23-10-7-6-8-11-23)27(33)12-9-17-34-25-15-13-24(14-16-25)30(3,4)5/h6-8,10-11,13-16,18-19H,9,12,17,20H2,1-5H3. The molecule has 0 radical (unpaired) electrons. The number of benzene rings is 3. The Morgan fingerprint density at radius 2 is 1.71 bits per heavy atom. The summed E-state index contributed by atoms with van der Waals surface area (Å²) in [6.45, 7) is 11.8. The van der Waals surface area contributed by atoms with E-state index in [0.717, 1.165) is 32.2 Å². The van der Waals surface area contributed by atoms with E-state index < -0.39 is 0 Å². The van der Waals surface area contributed by atoms with Crippen LogP contribution in [0, 0.1) is 13.8 Å². The van der Waals surface area contributed by atoms with E-state index >= 15 is 0 Å². The van der Waals surface area contributed by atoms with Crippen molar-refractivity contribution in [3.8, 4) is 5.75 Å². The number of fused-ring (bicyclic) bond motifs is 1. The summed E-state index contributed by atoms with van der Waals surface area (Å²) in [5.74, 6) is 0.901. The quantitative estimate of drug-likeness (QED) is 0.241. The van der Waals surface area contributed by atoms with Gasteiger partial charge in [0.1, 0.15) is 5.75 Å². The maximum atomic E-state index is 13.4. The van der Waals surface area contributed by atoms with Gasteiger partial charge in [0.2, 0.25) is 5.91 Å². The van der Waals surface area contributed by atoms with E-state index in [1.165, 1.54) is 11.1 Å². The van der Waals surface area contributed by atoms with Crippen LogP contribution in [0.25, 0.3) is 10.2 Å². The minimum Gasteiger partial charge on any atom is -0.494 e. The first-order valence-electron chi connectivity index (χ1n) is 12.2. The van der Waals surface area contributed by atoms with Crippen LogP contribution in [0.15, 0.2) is 66.7 Å². The number of aromatic nitrogens is 1. The van der Waals surface area contributed by atoms with Crippen molar-refractivity contribution in [3.05, 3.63) is 89.0 Å². The fourth-order valence-electron chi connectivity index (χ4n) is 4.10. The average molecular weight is 487 g/mol. The fraction of sp³-hybridized carbons (Fsp3) is 0.333. The van der Waals surface area contributed by atoms with Crippen molar-refractivity contribution < 1.29 is 9.53 Å². The molecule has 3 aromatic carbocycles. The molecular formula is C30H34N2O2S. The Hall–Kier alpha value is -3.18. The SMILES string of the molecule is Cc1cc(C)c2nc(N(Cc3ccccc3)C(=O)CCCOc3ccc(C(C)(C)C)cc3)sc2c1. The van der Waals surface area contributed by atoms with Crippen LogP contribution in [0.4, 0.5) is 5.13 Å². The van der Waals surface area contributed by atoms with Crippen molar-refractivity contribution in [1.82, 2.24) is 4.98 Å². The zero-order chi connectivity index (χ0) is 25.0. The molecule has 4 nitrogen and oxygen atoms in total. The van der Waals surface area contributed by atoms with Gasteiger partial charge in [0.25, 0.3) is 0 Å². The summed E-state index contributed by atoms with van der Waals surface area (Å²) >= 11 is 1.58. The first-order valence-corrected chi connectivity index (χ1v) is 13.0. The van der Waals surface area contributed by atoms with Crippen LogP contribution >= 0.6 is 11.3 Å². The Kier molecular flexibility index (Phi) is 7.56. The van der Waals surface area contributed by atoms with E-state index in [2.05, 4.69) is 58.9 Å². The summed E-state index contributed by atoms with van der Waals surface area (Å²) in [6.07, 6.45) is 1.05. The van der Waals surface area contributed by atoms with E-state index in [-0.39, 0.29) is 11.3 Å². The first kappa shape index (κ1) is 24.9. The number of carbonyl (C=O) groups is 1. The number of carbonyl (C=O) groups excluding carboxylic acids is 1. The Labute approximate surface area is 212 Å². The van der Waals surface area contributed by atoms with Gasteiger partial charge in [-0.3, -0.25) is 9.69 Å². The molecule has 0 bridgehead atoms. The molecule has 0 N–H and O–H groups in total. The molecule has 1 amide bonds. The summed E-state index contributed by atoms with van der Waals surface area (Å²) < 4.78 is 7.04. The monoisotopic (exact) mass is 486 g/mol. The second-order valence-corrected chi connectivity index (χ2v) is 11.1. The van der Waals surface area contributed by atoms with Gasteiger partial charge in [-0.1, -0.05) is 80.6 Å². The van der Waals surface area contributed by atoms with Crippen molar-refractivity contribution in [2.24, 2.45) is 0 Å². The van der Waals surface area contributed by atoms with Crippen molar-refractivity contribution in [2.45, 2.75) is 59.4 Å². The molecule has 0 aliphatic heterocycles. The minimum atomic E-state index is 0.0639. The minimum absolute atomic E-state index is 0.0639. The lowest BCUT2D eigenvalue weighted by molar-refractivity contribution is -0.119. The molecule has 182 valence electrons. The highest BCUT2D eigenvalue weighted by Crippen LogP contribution is 2.33. The van der Waals surface area contributed by atoms with Gasteiger partial charge < -0.3 is 4.74 Å². The van der Waals surface area contributed by atoms with Gasteiger partial charge in [-0.2, -0.15) is 0 Å². The molecule has 0 saturated heterocycles. The van der Waals surface area contributed by atoms with Crippen LogP contribution in [0.1, 0.15) is 55.9 Å². The molecule has 0 atom stereocenters. The lowest BCUT2D eigenvalue weighted by atomic mass is 9.87. The number of amides is 1. The summed E-state index contributed by atoms with van der Waals surface area (Å²) in [5, 5.41) is 0.751. The number of rotatable bonds is 8. The largest absolute Gasteiger partial charge is 0.494 e. The molecule has 0 spiro atoms. The Morgan fingerprint density at radius 1 is 1.00 bits per heavy atom.